The summed E-state index contributed by atoms with van der Waals surface area (Å²) in [5, 5.41) is 8.95. The van der Waals surface area contributed by atoms with E-state index in [1.807, 2.05) is 4.90 Å². The van der Waals surface area contributed by atoms with E-state index in [9.17, 15) is 9.18 Å². The van der Waals surface area contributed by atoms with Gasteiger partial charge in [0, 0.05) is 44.7 Å². The first-order valence-electron chi connectivity index (χ1n) is 9.34. The summed E-state index contributed by atoms with van der Waals surface area (Å²) in [6, 6.07) is 6.53. The van der Waals surface area contributed by atoms with E-state index in [-0.39, 0.29) is 11.7 Å². The molecule has 4 nitrogen and oxygen atoms in total. The third-order valence-electron chi connectivity index (χ3n) is 5.53. The van der Waals surface area contributed by atoms with Gasteiger partial charge in [-0.2, -0.15) is 5.26 Å². The van der Waals surface area contributed by atoms with Gasteiger partial charge in [-0.05, 0) is 30.5 Å². The van der Waals surface area contributed by atoms with Gasteiger partial charge in [0.1, 0.15) is 5.82 Å². The second kappa shape index (κ2) is 8.44. The standard InChI is InChI=1S/C20H26FN3O/c21-19-7-5-17(14-22)13-18(19)15-23-9-11-24(12-10-23)20(25)8-6-16-3-1-2-4-16/h5,7,13,16H,1-4,6,8-12,15H2. The molecule has 1 aromatic rings. The Morgan fingerprint density at radius 2 is 1.92 bits per heavy atom. The molecule has 1 aromatic carbocycles. The van der Waals surface area contributed by atoms with Gasteiger partial charge in [-0.15, -0.1) is 0 Å². The highest BCUT2D eigenvalue weighted by Crippen LogP contribution is 2.28. The molecule has 2 aliphatic rings. The lowest BCUT2D eigenvalue weighted by molar-refractivity contribution is -0.133. The molecule has 0 N–H and O–H groups in total. The van der Waals surface area contributed by atoms with Gasteiger partial charge in [0.15, 0.2) is 0 Å². The van der Waals surface area contributed by atoms with Gasteiger partial charge in [-0.3, -0.25) is 9.69 Å². The number of nitriles is 1. The Bertz CT molecular complexity index is 641. The van der Waals surface area contributed by atoms with E-state index < -0.39 is 0 Å². The third-order valence-corrected chi connectivity index (χ3v) is 5.53. The molecule has 1 amide bonds. The smallest absolute Gasteiger partial charge is 0.222 e. The van der Waals surface area contributed by atoms with Crippen molar-refractivity contribution in [2.75, 3.05) is 26.2 Å². The Labute approximate surface area is 149 Å². The van der Waals surface area contributed by atoms with Crippen LogP contribution in [-0.2, 0) is 11.3 Å². The topological polar surface area (TPSA) is 47.3 Å². The minimum Gasteiger partial charge on any atom is -0.340 e. The number of rotatable bonds is 5. The molecule has 1 saturated heterocycles. The average Bonchev–Trinajstić information content (AvgIpc) is 3.16. The first-order valence-corrected chi connectivity index (χ1v) is 9.34. The van der Waals surface area contributed by atoms with Crippen LogP contribution < -0.4 is 0 Å². The van der Waals surface area contributed by atoms with Crippen LogP contribution in [0.4, 0.5) is 4.39 Å². The number of nitrogens with zero attached hydrogens (tertiary/aromatic N) is 3. The van der Waals surface area contributed by atoms with Crippen molar-refractivity contribution in [3.05, 3.63) is 35.1 Å². The molecule has 1 heterocycles. The lowest BCUT2D eigenvalue weighted by atomic mass is 10.0. The molecular formula is C20H26FN3O. The van der Waals surface area contributed by atoms with Crippen LogP contribution in [0.2, 0.25) is 0 Å². The first kappa shape index (κ1) is 17.9. The zero-order valence-electron chi connectivity index (χ0n) is 14.7. The van der Waals surface area contributed by atoms with Crippen LogP contribution in [0.15, 0.2) is 18.2 Å². The maximum absolute atomic E-state index is 13.9. The molecule has 0 unspecified atom stereocenters. The number of benzene rings is 1. The van der Waals surface area contributed by atoms with Crippen LogP contribution in [0.3, 0.4) is 0 Å². The van der Waals surface area contributed by atoms with E-state index in [1.165, 1.54) is 37.8 Å². The van der Waals surface area contributed by atoms with Gasteiger partial charge in [-0.25, -0.2) is 4.39 Å². The van der Waals surface area contributed by atoms with Crippen molar-refractivity contribution in [2.24, 2.45) is 5.92 Å². The highest BCUT2D eigenvalue weighted by Gasteiger charge is 2.23. The molecule has 2 fully saturated rings. The van der Waals surface area contributed by atoms with Crippen molar-refractivity contribution in [1.29, 1.82) is 5.26 Å². The van der Waals surface area contributed by atoms with E-state index in [4.69, 9.17) is 5.26 Å². The molecule has 0 radical (unpaired) electrons. The molecule has 5 heteroatoms. The Hall–Kier alpha value is -1.93. The van der Waals surface area contributed by atoms with Gasteiger partial charge in [-0.1, -0.05) is 25.7 Å². The van der Waals surface area contributed by atoms with Crippen molar-refractivity contribution in [1.82, 2.24) is 9.80 Å². The molecule has 0 aromatic heterocycles. The predicted molar refractivity (Wildman–Crippen MR) is 94.2 cm³/mol. The number of carbonyl (C=O) groups is 1. The highest BCUT2D eigenvalue weighted by molar-refractivity contribution is 5.76. The largest absolute Gasteiger partial charge is 0.340 e. The van der Waals surface area contributed by atoms with E-state index in [0.29, 0.717) is 37.2 Å². The summed E-state index contributed by atoms with van der Waals surface area (Å²) >= 11 is 0. The molecular weight excluding hydrogens is 317 g/mol. The fourth-order valence-electron chi connectivity index (χ4n) is 3.95. The van der Waals surface area contributed by atoms with Gasteiger partial charge < -0.3 is 4.90 Å². The molecule has 134 valence electrons. The lowest BCUT2D eigenvalue weighted by Gasteiger charge is -2.35. The normalized spacial score (nSPS) is 19.1. The fourth-order valence-corrected chi connectivity index (χ4v) is 3.95. The van der Waals surface area contributed by atoms with Crippen LogP contribution in [0.25, 0.3) is 0 Å². The van der Waals surface area contributed by atoms with E-state index in [1.54, 1.807) is 6.07 Å². The number of hydrogen-bond acceptors (Lipinski definition) is 3. The maximum atomic E-state index is 13.9. The van der Waals surface area contributed by atoms with Crippen LogP contribution in [0, 0.1) is 23.1 Å². The van der Waals surface area contributed by atoms with Crippen molar-refractivity contribution in [3.63, 3.8) is 0 Å². The number of piperazine rings is 1. The molecule has 1 aliphatic carbocycles. The summed E-state index contributed by atoms with van der Waals surface area (Å²) in [6.07, 6.45) is 6.92. The van der Waals surface area contributed by atoms with Crippen LogP contribution in [0.5, 0.6) is 0 Å². The maximum Gasteiger partial charge on any atom is 0.222 e. The second-order valence-corrected chi connectivity index (χ2v) is 7.26. The summed E-state index contributed by atoms with van der Waals surface area (Å²) < 4.78 is 13.9. The number of halogens is 1. The zero-order chi connectivity index (χ0) is 17.6. The summed E-state index contributed by atoms with van der Waals surface area (Å²) in [5.74, 6) is 0.749. The van der Waals surface area contributed by atoms with Gasteiger partial charge in [0.2, 0.25) is 5.91 Å². The zero-order valence-corrected chi connectivity index (χ0v) is 14.7. The summed E-state index contributed by atoms with van der Waals surface area (Å²) in [7, 11) is 0. The summed E-state index contributed by atoms with van der Waals surface area (Å²) in [6.45, 7) is 3.42. The summed E-state index contributed by atoms with van der Waals surface area (Å²) in [4.78, 5) is 16.5. The lowest BCUT2D eigenvalue weighted by Crippen LogP contribution is -2.48. The van der Waals surface area contributed by atoms with E-state index >= 15 is 0 Å². The number of carbonyl (C=O) groups excluding carboxylic acids is 1. The number of amides is 1. The SMILES string of the molecule is N#Cc1ccc(F)c(CN2CCN(C(=O)CCC3CCCC3)CC2)c1. The first-order chi connectivity index (χ1) is 12.2. The van der Waals surface area contributed by atoms with Crippen LogP contribution in [-0.4, -0.2) is 41.9 Å². The van der Waals surface area contributed by atoms with E-state index in [0.717, 1.165) is 25.4 Å². The van der Waals surface area contributed by atoms with Gasteiger partial charge in [0.05, 0.1) is 11.6 Å². The Balaban J connectivity index is 1.45. The Morgan fingerprint density at radius 3 is 2.60 bits per heavy atom. The number of hydrogen-bond donors (Lipinski definition) is 0. The van der Waals surface area contributed by atoms with Crippen LogP contribution >= 0.6 is 0 Å². The molecule has 0 atom stereocenters. The molecule has 1 saturated carbocycles. The molecule has 25 heavy (non-hydrogen) atoms. The Morgan fingerprint density at radius 1 is 1.20 bits per heavy atom. The highest BCUT2D eigenvalue weighted by atomic mass is 19.1. The monoisotopic (exact) mass is 343 g/mol. The van der Waals surface area contributed by atoms with Crippen molar-refractivity contribution >= 4 is 5.91 Å². The predicted octanol–water partition coefficient (Wildman–Crippen LogP) is 3.31. The van der Waals surface area contributed by atoms with E-state index in [2.05, 4.69) is 11.0 Å². The molecule has 1 aliphatic heterocycles. The quantitative estimate of drug-likeness (QED) is 0.824. The minimum atomic E-state index is -0.269. The molecule has 3 rings (SSSR count). The van der Waals surface area contributed by atoms with Crippen molar-refractivity contribution < 1.29 is 9.18 Å². The minimum absolute atomic E-state index is 0.268. The second-order valence-electron chi connectivity index (χ2n) is 7.26. The average molecular weight is 343 g/mol. The molecule has 0 spiro atoms. The fraction of sp³-hybridized carbons (Fsp3) is 0.600. The van der Waals surface area contributed by atoms with Crippen molar-refractivity contribution in [2.45, 2.75) is 45.1 Å². The third kappa shape index (κ3) is 4.79. The van der Waals surface area contributed by atoms with Crippen molar-refractivity contribution in [3.8, 4) is 6.07 Å². The Kier molecular flexibility index (Phi) is 6.04. The van der Waals surface area contributed by atoms with Crippen LogP contribution in [0.1, 0.15) is 49.7 Å². The molecule has 0 bridgehead atoms. The summed E-state index contributed by atoms with van der Waals surface area (Å²) in [5.41, 5.74) is 1.04. The van der Waals surface area contributed by atoms with Gasteiger partial charge in [0.25, 0.3) is 0 Å². The van der Waals surface area contributed by atoms with Gasteiger partial charge >= 0.3 is 0 Å².